The van der Waals surface area contributed by atoms with Crippen molar-refractivity contribution in [2.75, 3.05) is 11.9 Å². The number of nitrogens with one attached hydrogen (secondary N) is 1. The number of aromatic nitrogens is 2. The maximum absolute atomic E-state index is 12.0. The fourth-order valence-electron chi connectivity index (χ4n) is 1.55. The number of hydrogen-bond donors (Lipinski definition) is 1. The number of carbonyl (C=O) groups excluding carboxylic acids is 1. The van der Waals surface area contributed by atoms with Gasteiger partial charge in [0.05, 0.1) is 11.5 Å². The number of hydrogen-bond acceptors (Lipinski definition) is 6. The quantitative estimate of drug-likeness (QED) is 0.666. The molecule has 0 aliphatic rings. The zero-order chi connectivity index (χ0) is 15.2. The Hall–Kier alpha value is -3.03. The number of carbonyl (C=O) groups is 1. The third kappa shape index (κ3) is 3.72. The summed E-state index contributed by atoms with van der Waals surface area (Å²) in [4.78, 5) is 29.7. The van der Waals surface area contributed by atoms with Gasteiger partial charge >= 0.3 is 0 Å². The number of nitrogens with zero attached hydrogens (tertiary/aromatic N) is 3. The minimum Gasteiger partial charge on any atom is -0.478 e. The summed E-state index contributed by atoms with van der Waals surface area (Å²) in [5, 5.41) is 13.1. The van der Waals surface area contributed by atoms with Crippen molar-refractivity contribution in [3.05, 3.63) is 52.5 Å². The summed E-state index contributed by atoms with van der Waals surface area (Å²) < 4.78 is 5.18. The van der Waals surface area contributed by atoms with Crippen molar-refractivity contribution in [2.45, 2.75) is 6.92 Å². The average Bonchev–Trinajstić information content (AvgIpc) is 2.48. The molecular formula is C13H12N4O4. The van der Waals surface area contributed by atoms with Crippen LogP contribution in [0.5, 0.6) is 5.88 Å². The van der Waals surface area contributed by atoms with Gasteiger partial charge in [-0.3, -0.25) is 14.9 Å². The molecule has 2 aromatic rings. The van der Waals surface area contributed by atoms with Crippen molar-refractivity contribution in [3.63, 3.8) is 0 Å². The van der Waals surface area contributed by atoms with Gasteiger partial charge in [0.25, 0.3) is 11.6 Å². The van der Waals surface area contributed by atoms with E-state index in [0.717, 1.165) is 0 Å². The van der Waals surface area contributed by atoms with E-state index >= 15 is 0 Å². The molecule has 1 heterocycles. The van der Waals surface area contributed by atoms with Crippen LogP contribution in [0.1, 0.15) is 17.4 Å². The predicted octanol–water partition coefficient (Wildman–Crippen LogP) is 2.04. The van der Waals surface area contributed by atoms with Gasteiger partial charge in [0.1, 0.15) is 12.0 Å². The van der Waals surface area contributed by atoms with E-state index in [0.29, 0.717) is 18.2 Å². The fourth-order valence-corrected chi connectivity index (χ4v) is 1.55. The van der Waals surface area contributed by atoms with Gasteiger partial charge < -0.3 is 10.1 Å². The Morgan fingerprint density at radius 2 is 2.05 bits per heavy atom. The molecule has 1 amide bonds. The van der Waals surface area contributed by atoms with Crippen molar-refractivity contribution in [3.8, 4) is 5.88 Å². The van der Waals surface area contributed by atoms with E-state index in [4.69, 9.17) is 4.74 Å². The predicted molar refractivity (Wildman–Crippen MR) is 74.3 cm³/mol. The molecule has 0 atom stereocenters. The lowest BCUT2D eigenvalue weighted by molar-refractivity contribution is -0.384. The van der Waals surface area contributed by atoms with E-state index in [1.807, 2.05) is 0 Å². The summed E-state index contributed by atoms with van der Waals surface area (Å²) in [6.07, 6.45) is 1.23. The number of benzene rings is 1. The van der Waals surface area contributed by atoms with Crippen LogP contribution in [0, 0.1) is 10.1 Å². The summed E-state index contributed by atoms with van der Waals surface area (Å²) in [5.41, 5.74) is 0.530. The van der Waals surface area contributed by atoms with Crippen LogP contribution in [-0.4, -0.2) is 27.4 Å². The second kappa shape index (κ2) is 6.42. The van der Waals surface area contributed by atoms with Crippen molar-refractivity contribution in [2.24, 2.45) is 0 Å². The Labute approximate surface area is 120 Å². The van der Waals surface area contributed by atoms with Gasteiger partial charge in [0, 0.05) is 23.9 Å². The molecule has 0 spiro atoms. The van der Waals surface area contributed by atoms with Crippen LogP contribution in [0.3, 0.4) is 0 Å². The molecule has 0 bridgehead atoms. The molecule has 1 N–H and O–H groups in total. The number of rotatable bonds is 5. The summed E-state index contributed by atoms with van der Waals surface area (Å²) in [5.74, 6) is -0.145. The topological polar surface area (TPSA) is 107 Å². The summed E-state index contributed by atoms with van der Waals surface area (Å²) in [7, 11) is 0. The van der Waals surface area contributed by atoms with Gasteiger partial charge in [-0.15, -0.1) is 0 Å². The lowest BCUT2D eigenvalue weighted by Gasteiger charge is -2.06. The molecule has 8 nitrogen and oxygen atoms in total. The van der Waals surface area contributed by atoms with Gasteiger partial charge in [-0.25, -0.2) is 9.97 Å². The van der Waals surface area contributed by atoms with E-state index < -0.39 is 10.8 Å². The van der Waals surface area contributed by atoms with E-state index in [-0.39, 0.29) is 11.4 Å². The lowest BCUT2D eigenvalue weighted by Crippen LogP contribution is -2.14. The highest BCUT2D eigenvalue weighted by Crippen LogP contribution is 2.16. The number of non-ortho nitro benzene ring substituents is 1. The highest BCUT2D eigenvalue weighted by molar-refractivity contribution is 6.02. The van der Waals surface area contributed by atoms with Crippen LogP contribution >= 0.6 is 0 Å². The van der Waals surface area contributed by atoms with Crippen LogP contribution < -0.4 is 10.1 Å². The molecule has 0 radical (unpaired) electrons. The molecule has 0 fully saturated rings. The van der Waals surface area contributed by atoms with Crippen LogP contribution in [0.15, 0.2) is 36.7 Å². The number of ether oxygens (including phenoxy) is 1. The minimum absolute atomic E-state index is 0.0475. The molecule has 1 aromatic carbocycles. The van der Waals surface area contributed by atoms with Crippen LogP contribution in [0.25, 0.3) is 0 Å². The van der Waals surface area contributed by atoms with Crippen LogP contribution in [-0.2, 0) is 0 Å². The Bertz CT molecular complexity index is 657. The summed E-state index contributed by atoms with van der Waals surface area (Å²) in [6, 6.07) is 6.92. The first-order valence-electron chi connectivity index (χ1n) is 6.11. The first-order valence-corrected chi connectivity index (χ1v) is 6.11. The first kappa shape index (κ1) is 14.4. The molecule has 0 saturated heterocycles. The Kier molecular flexibility index (Phi) is 4.39. The number of nitro benzene ring substituents is 1. The zero-order valence-corrected chi connectivity index (χ0v) is 11.1. The van der Waals surface area contributed by atoms with E-state index in [1.54, 1.807) is 6.92 Å². The maximum Gasteiger partial charge on any atom is 0.274 e. The molecule has 21 heavy (non-hydrogen) atoms. The largest absolute Gasteiger partial charge is 0.478 e. The lowest BCUT2D eigenvalue weighted by atomic mass is 10.2. The monoisotopic (exact) mass is 288 g/mol. The molecular weight excluding hydrogens is 276 g/mol. The number of nitro groups is 1. The van der Waals surface area contributed by atoms with Gasteiger partial charge in [-0.05, 0) is 19.1 Å². The zero-order valence-electron chi connectivity index (χ0n) is 11.1. The van der Waals surface area contributed by atoms with E-state index in [1.165, 1.54) is 36.7 Å². The van der Waals surface area contributed by atoms with Gasteiger partial charge in [0.15, 0.2) is 0 Å². The van der Waals surface area contributed by atoms with Gasteiger partial charge in [-0.2, -0.15) is 0 Å². The first-order chi connectivity index (χ1) is 10.1. The number of anilines is 1. The Balaban J connectivity index is 2.10. The second-order valence-electron chi connectivity index (χ2n) is 3.93. The maximum atomic E-state index is 12.0. The minimum atomic E-state index is -0.510. The molecule has 8 heteroatoms. The SMILES string of the molecule is CCOc1cc(C(=O)Nc2ccc([N+](=O)[O-])cc2)ncn1. The summed E-state index contributed by atoms with van der Waals surface area (Å²) >= 11 is 0. The third-order valence-corrected chi connectivity index (χ3v) is 2.50. The molecule has 0 saturated carbocycles. The molecule has 108 valence electrons. The number of amides is 1. The Morgan fingerprint density at radius 3 is 2.67 bits per heavy atom. The van der Waals surface area contributed by atoms with Crippen LogP contribution in [0.2, 0.25) is 0 Å². The van der Waals surface area contributed by atoms with Crippen molar-refractivity contribution in [1.82, 2.24) is 9.97 Å². The van der Waals surface area contributed by atoms with E-state index in [2.05, 4.69) is 15.3 Å². The molecule has 0 aliphatic carbocycles. The van der Waals surface area contributed by atoms with Crippen LogP contribution in [0.4, 0.5) is 11.4 Å². The average molecular weight is 288 g/mol. The van der Waals surface area contributed by atoms with Gasteiger partial charge in [-0.1, -0.05) is 0 Å². The third-order valence-electron chi connectivity index (χ3n) is 2.50. The standard InChI is InChI=1S/C13H12N4O4/c1-2-21-12-7-11(14-8-15-12)13(18)16-9-3-5-10(6-4-9)17(19)20/h3-8H,2H2,1H3,(H,16,18). The normalized spacial score (nSPS) is 9.95. The molecule has 2 rings (SSSR count). The van der Waals surface area contributed by atoms with Gasteiger partial charge in [0.2, 0.25) is 5.88 Å². The highest BCUT2D eigenvalue weighted by atomic mass is 16.6. The van der Waals surface area contributed by atoms with Crippen molar-refractivity contribution in [1.29, 1.82) is 0 Å². The Morgan fingerprint density at radius 1 is 1.33 bits per heavy atom. The van der Waals surface area contributed by atoms with E-state index in [9.17, 15) is 14.9 Å². The highest BCUT2D eigenvalue weighted by Gasteiger charge is 2.11. The molecule has 0 aliphatic heterocycles. The molecule has 1 aromatic heterocycles. The van der Waals surface area contributed by atoms with Crippen molar-refractivity contribution < 1.29 is 14.5 Å². The second-order valence-corrected chi connectivity index (χ2v) is 3.93. The smallest absolute Gasteiger partial charge is 0.274 e. The summed E-state index contributed by atoms with van der Waals surface area (Å²) in [6.45, 7) is 2.24. The van der Waals surface area contributed by atoms with Crippen molar-refractivity contribution >= 4 is 17.3 Å². The molecule has 0 unspecified atom stereocenters. The fraction of sp³-hybridized carbons (Fsp3) is 0.154.